The largest absolute Gasteiger partial charge is 0.378 e. The SMILES string of the molecule is O=C(NCCCC[C@@H]1CCCO1)N1CCN(c2ccc(Cl)cn2)CC1. The fourth-order valence-electron chi connectivity index (χ4n) is 3.37. The molecule has 2 fully saturated rings. The van der Waals surface area contributed by atoms with E-state index in [0.717, 1.165) is 51.3 Å². The summed E-state index contributed by atoms with van der Waals surface area (Å²) in [5.74, 6) is 0.915. The lowest BCUT2D eigenvalue weighted by atomic mass is 10.1. The number of carbonyl (C=O) groups excluding carboxylic acids is 1. The van der Waals surface area contributed by atoms with Gasteiger partial charge in [0.05, 0.1) is 11.1 Å². The summed E-state index contributed by atoms with van der Waals surface area (Å²) in [6.07, 6.45) is 7.74. The van der Waals surface area contributed by atoms with Crippen molar-refractivity contribution in [3.8, 4) is 0 Å². The zero-order chi connectivity index (χ0) is 17.5. The predicted molar refractivity (Wildman–Crippen MR) is 99.3 cm³/mol. The Morgan fingerprint density at radius 3 is 2.80 bits per heavy atom. The Kier molecular flexibility index (Phi) is 6.76. The molecule has 0 radical (unpaired) electrons. The van der Waals surface area contributed by atoms with Gasteiger partial charge in [-0.2, -0.15) is 0 Å². The van der Waals surface area contributed by atoms with Crippen LogP contribution in [0.25, 0.3) is 0 Å². The van der Waals surface area contributed by atoms with Gasteiger partial charge in [0, 0.05) is 45.5 Å². The van der Waals surface area contributed by atoms with Crippen LogP contribution in [0.3, 0.4) is 0 Å². The Bertz CT molecular complexity index is 541. The molecule has 0 spiro atoms. The Balaban J connectivity index is 1.30. The molecule has 2 amide bonds. The van der Waals surface area contributed by atoms with E-state index in [4.69, 9.17) is 16.3 Å². The molecule has 0 aliphatic carbocycles. The number of hydrogen-bond donors (Lipinski definition) is 1. The number of hydrogen-bond acceptors (Lipinski definition) is 4. The van der Waals surface area contributed by atoms with Gasteiger partial charge in [0.15, 0.2) is 0 Å². The van der Waals surface area contributed by atoms with Gasteiger partial charge in [0.2, 0.25) is 0 Å². The minimum Gasteiger partial charge on any atom is -0.378 e. The molecule has 1 atom stereocenters. The summed E-state index contributed by atoms with van der Waals surface area (Å²) in [5.41, 5.74) is 0. The molecule has 6 nitrogen and oxygen atoms in total. The van der Waals surface area contributed by atoms with Crippen LogP contribution in [-0.4, -0.2) is 61.3 Å². The quantitative estimate of drug-likeness (QED) is 0.786. The van der Waals surface area contributed by atoms with E-state index in [2.05, 4.69) is 15.2 Å². The van der Waals surface area contributed by atoms with Crippen molar-refractivity contribution >= 4 is 23.4 Å². The van der Waals surface area contributed by atoms with Gasteiger partial charge in [-0.25, -0.2) is 9.78 Å². The van der Waals surface area contributed by atoms with Crippen molar-refractivity contribution in [2.24, 2.45) is 0 Å². The Morgan fingerprint density at radius 1 is 1.28 bits per heavy atom. The van der Waals surface area contributed by atoms with Crippen LogP contribution >= 0.6 is 11.6 Å². The Labute approximate surface area is 154 Å². The molecule has 0 unspecified atom stereocenters. The fourth-order valence-corrected chi connectivity index (χ4v) is 3.48. The molecule has 3 heterocycles. The number of aromatic nitrogens is 1. The van der Waals surface area contributed by atoms with Gasteiger partial charge in [-0.1, -0.05) is 11.6 Å². The van der Waals surface area contributed by atoms with E-state index >= 15 is 0 Å². The number of amides is 2. The van der Waals surface area contributed by atoms with Crippen molar-refractivity contribution in [1.82, 2.24) is 15.2 Å². The van der Waals surface area contributed by atoms with Crippen molar-refractivity contribution in [3.05, 3.63) is 23.4 Å². The Morgan fingerprint density at radius 2 is 2.12 bits per heavy atom. The molecule has 25 heavy (non-hydrogen) atoms. The van der Waals surface area contributed by atoms with Crippen molar-refractivity contribution in [3.63, 3.8) is 0 Å². The van der Waals surface area contributed by atoms with Crippen molar-refractivity contribution < 1.29 is 9.53 Å². The second-order valence-electron chi connectivity index (χ2n) is 6.67. The predicted octanol–water partition coefficient (Wildman–Crippen LogP) is 2.92. The van der Waals surface area contributed by atoms with Gasteiger partial charge in [0.25, 0.3) is 0 Å². The van der Waals surface area contributed by atoms with Crippen LogP contribution in [0.2, 0.25) is 5.02 Å². The first-order chi connectivity index (χ1) is 12.2. The molecule has 2 aliphatic heterocycles. The van der Waals surface area contributed by atoms with E-state index in [9.17, 15) is 4.79 Å². The number of pyridine rings is 1. The third kappa shape index (κ3) is 5.47. The van der Waals surface area contributed by atoms with E-state index in [0.29, 0.717) is 24.2 Å². The number of urea groups is 1. The number of rotatable bonds is 6. The maximum Gasteiger partial charge on any atom is 0.317 e. The molecule has 7 heteroatoms. The van der Waals surface area contributed by atoms with Crippen LogP contribution < -0.4 is 10.2 Å². The first-order valence-corrected chi connectivity index (χ1v) is 9.61. The van der Waals surface area contributed by atoms with Crippen molar-refractivity contribution in [2.75, 3.05) is 44.2 Å². The molecule has 1 aromatic rings. The summed E-state index contributed by atoms with van der Waals surface area (Å²) in [4.78, 5) is 20.6. The van der Waals surface area contributed by atoms with E-state index in [1.165, 1.54) is 12.8 Å². The molecule has 0 bridgehead atoms. The van der Waals surface area contributed by atoms with Crippen molar-refractivity contribution in [1.29, 1.82) is 0 Å². The monoisotopic (exact) mass is 366 g/mol. The second kappa shape index (κ2) is 9.25. The van der Waals surface area contributed by atoms with Gasteiger partial charge in [-0.15, -0.1) is 0 Å². The number of unbranched alkanes of at least 4 members (excludes halogenated alkanes) is 1. The van der Waals surface area contributed by atoms with Crippen LogP contribution in [0.5, 0.6) is 0 Å². The molecule has 2 saturated heterocycles. The van der Waals surface area contributed by atoms with E-state index in [-0.39, 0.29) is 6.03 Å². The highest BCUT2D eigenvalue weighted by Crippen LogP contribution is 2.18. The molecule has 0 saturated carbocycles. The zero-order valence-electron chi connectivity index (χ0n) is 14.6. The third-order valence-electron chi connectivity index (χ3n) is 4.86. The summed E-state index contributed by atoms with van der Waals surface area (Å²) in [6, 6.07) is 3.81. The average Bonchev–Trinajstić information content (AvgIpc) is 3.15. The molecule has 1 N–H and O–H groups in total. The topological polar surface area (TPSA) is 57.7 Å². The minimum absolute atomic E-state index is 0.0424. The highest BCUT2D eigenvalue weighted by atomic mass is 35.5. The number of piperazine rings is 1. The number of ether oxygens (including phenoxy) is 1. The van der Waals surface area contributed by atoms with Crippen LogP contribution in [0, 0.1) is 0 Å². The van der Waals surface area contributed by atoms with Gasteiger partial charge in [-0.3, -0.25) is 0 Å². The van der Waals surface area contributed by atoms with E-state index < -0.39 is 0 Å². The second-order valence-corrected chi connectivity index (χ2v) is 7.11. The summed E-state index contributed by atoms with van der Waals surface area (Å²) >= 11 is 5.87. The molecular weight excluding hydrogens is 340 g/mol. The van der Waals surface area contributed by atoms with Gasteiger partial charge < -0.3 is 19.9 Å². The number of anilines is 1. The van der Waals surface area contributed by atoms with Crippen LogP contribution in [0.1, 0.15) is 32.1 Å². The zero-order valence-corrected chi connectivity index (χ0v) is 15.4. The van der Waals surface area contributed by atoms with Crippen molar-refractivity contribution in [2.45, 2.75) is 38.2 Å². The maximum atomic E-state index is 12.2. The number of nitrogens with one attached hydrogen (secondary N) is 1. The third-order valence-corrected chi connectivity index (χ3v) is 5.08. The van der Waals surface area contributed by atoms with E-state index in [1.807, 2.05) is 17.0 Å². The number of carbonyl (C=O) groups is 1. The summed E-state index contributed by atoms with van der Waals surface area (Å²) in [6.45, 7) is 4.67. The fraction of sp³-hybridized carbons (Fsp3) is 0.667. The Hall–Kier alpha value is -1.53. The number of nitrogens with zero attached hydrogens (tertiary/aromatic N) is 3. The summed E-state index contributed by atoms with van der Waals surface area (Å²) in [7, 11) is 0. The molecule has 2 aliphatic rings. The normalized spacial score (nSPS) is 20.8. The molecule has 1 aromatic heterocycles. The standard InChI is InChI=1S/C18H27ClN4O2/c19-15-6-7-17(21-14-15)22-9-11-23(12-10-22)18(24)20-8-2-1-4-16-5-3-13-25-16/h6-7,14,16H,1-5,8-13H2,(H,20,24)/t16-/m1/s1. The summed E-state index contributed by atoms with van der Waals surface area (Å²) in [5, 5.41) is 3.67. The highest BCUT2D eigenvalue weighted by molar-refractivity contribution is 6.30. The average molecular weight is 367 g/mol. The van der Waals surface area contributed by atoms with E-state index in [1.54, 1.807) is 6.20 Å². The van der Waals surface area contributed by atoms with Gasteiger partial charge >= 0.3 is 6.03 Å². The molecule has 138 valence electrons. The first kappa shape index (κ1) is 18.3. The van der Waals surface area contributed by atoms with Gasteiger partial charge in [0.1, 0.15) is 5.82 Å². The molecular formula is C18H27ClN4O2. The first-order valence-electron chi connectivity index (χ1n) is 9.23. The highest BCUT2D eigenvalue weighted by Gasteiger charge is 2.21. The minimum atomic E-state index is 0.0424. The van der Waals surface area contributed by atoms with Crippen LogP contribution in [0.15, 0.2) is 18.3 Å². The number of halogens is 1. The lowest BCUT2D eigenvalue weighted by Gasteiger charge is -2.35. The molecule has 3 rings (SSSR count). The summed E-state index contributed by atoms with van der Waals surface area (Å²) < 4.78 is 5.62. The lowest BCUT2D eigenvalue weighted by Crippen LogP contribution is -2.52. The van der Waals surface area contributed by atoms with Crippen LogP contribution in [0.4, 0.5) is 10.6 Å². The maximum absolute atomic E-state index is 12.2. The molecule has 0 aromatic carbocycles. The lowest BCUT2D eigenvalue weighted by molar-refractivity contribution is 0.102. The van der Waals surface area contributed by atoms with Crippen LogP contribution in [-0.2, 0) is 4.74 Å². The smallest absolute Gasteiger partial charge is 0.317 e. The van der Waals surface area contributed by atoms with Gasteiger partial charge in [-0.05, 0) is 44.2 Å².